The molecule has 0 radical (unpaired) electrons. The van der Waals surface area contributed by atoms with Crippen molar-refractivity contribution in [2.45, 2.75) is 19.6 Å². The highest BCUT2D eigenvalue weighted by atomic mass is 19.4. The van der Waals surface area contributed by atoms with Gasteiger partial charge in [0.25, 0.3) is 11.5 Å². The van der Waals surface area contributed by atoms with Crippen molar-refractivity contribution in [1.82, 2.24) is 35.1 Å². The van der Waals surface area contributed by atoms with Crippen LogP contribution in [0, 0.1) is 5.92 Å². The van der Waals surface area contributed by atoms with Crippen LogP contribution in [0.3, 0.4) is 0 Å². The summed E-state index contributed by atoms with van der Waals surface area (Å²) in [4.78, 5) is 23.4. The molecule has 1 atom stereocenters. The number of hydrogen-bond acceptors (Lipinski definition) is 5. The summed E-state index contributed by atoms with van der Waals surface area (Å²) in [6, 6.07) is 3.84. The van der Waals surface area contributed by atoms with Gasteiger partial charge in [0.05, 0.1) is 11.8 Å². The summed E-state index contributed by atoms with van der Waals surface area (Å²) in [5.74, 6) is -1.23. The maximum absolute atomic E-state index is 13.6. The van der Waals surface area contributed by atoms with Crippen molar-refractivity contribution in [3.05, 3.63) is 58.4 Å². The number of hydrogen-bond donors (Lipinski definition) is 2. The lowest BCUT2D eigenvalue weighted by Gasteiger charge is -2.14. The van der Waals surface area contributed by atoms with Gasteiger partial charge in [-0.05, 0) is 18.1 Å². The monoisotopic (exact) mass is 395 g/mol. The van der Waals surface area contributed by atoms with Gasteiger partial charge in [-0.25, -0.2) is 9.78 Å². The van der Waals surface area contributed by atoms with Crippen LogP contribution in [0.15, 0.2) is 41.6 Å². The summed E-state index contributed by atoms with van der Waals surface area (Å²) < 4.78 is 42.8. The summed E-state index contributed by atoms with van der Waals surface area (Å²) in [5, 5.41) is 15.7. The van der Waals surface area contributed by atoms with Crippen molar-refractivity contribution in [3.63, 3.8) is 0 Å². The van der Waals surface area contributed by atoms with E-state index in [1.165, 1.54) is 0 Å². The quantitative estimate of drug-likeness (QED) is 0.652. The Balaban J connectivity index is 1.80. The normalized spacial score (nSPS) is 12.7. The molecule has 28 heavy (non-hydrogen) atoms. The van der Waals surface area contributed by atoms with Gasteiger partial charge >= 0.3 is 6.18 Å². The van der Waals surface area contributed by atoms with Crippen LogP contribution in [0.2, 0.25) is 0 Å². The summed E-state index contributed by atoms with van der Waals surface area (Å²) >= 11 is 0. The highest BCUT2D eigenvalue weighted by molar-refractivity contribution is 5.95. The lowest BCUT2D eigenvalue weighted by Crippen LogP contribution is -2.31. The van der Waals surface area contributed by atoms with Gasteiger partial charge in [0.1, 0.15) is 0 Å². The van der Waals surface area contributed by atoms with Gasteiger partial charge in [-0.15, -0.1) is 0 Å². The molecule has 1 amide bonds. The number of halogens is 3. The third-order valence-electron chi connectivity index (χ3n) is 3.83. The van der Waals surface area contributed by atoms with E-state index in [0.29, 0.717) is 11.2 Å². The summed E-state index contributed by atoms with van der Waals surface area (Å²) in [6.07, 6.45) is -0.674. The van der Waals surface area contributed by atoms with E-state index in [1.54, 1.807) is 23.1 Å². The molecule has 0 aliphatic carbocycles. The third-order valence-corrected chi connectivity index (χ3v) is 3.83. The van der Waals surface area contributed by atoms with Crippen molar-refractivity contribution < 1.29 is 18.0 Å². The maximum Gasteiger partial charge on any atom is 0.434 e. The zero-order valence-corrected chi connectivity index (χ0v) is 14.6. The molecular weight excluding hydrogens is 379 g/mol. The molecule has 0 saturated heterocycles. The Morgan fingerprint density at radius 3 is 2.71 bits per heavy atom. The molecule has 0 aliphatic rings. The van der Waals surface area contributed by atoms with Crippen LogP contribution >= 0.6 is 0 Å². The molecule has 0 unspecified atom stereocenters. The molecule has 0 spiro atoms. The molecule has 0 aromatic carbocycles. The van der Waals surface area contributed by atoms with E-state index >= 15 is 0 Å². The molecular formula is C16H16F3N7O2. The minimum Gasteiger partial charge on any atom is -0.352 e. The number of aromatic amines is 1. The van der Waals surface area contributed by atoms with Crippen LogP contribution in [-0.4, -0.2) is 42.2 Å². The van der Waals surface area contributed by atoms with Crippen molar-refractivity contribution >= 4 is 5.91 Å². The Labute approximate surface area is 156 Å². The van der Waals surface area contributed by atoms with Gasteiger partial charge in [-0.1, -0.05) is 6.92 Å². The van der Waals surface area contributed by atoms with Gasteiger partial charge in [0.2, 0.25) is 0 Å². The van der Waals surface area contributed by atoms with Crippen molar-refractivity contribution in [3.8, 4) is 5.82 Å². The van der Waals surface area contributed by atoms with E-state index in [-0.39, 0.29) is 18.3 Å². The Morgan fingerprint density at radius 1 is 1.32 bits per heavy atom. The van der Waals surface area contributed by atoms with E-state index in [9.17, 15) is 22.8 Å². The molecule has 148 valence electrons. The van der Waals surface area contributed by atoms with E-state index in [0.717, 1.165) is 18.3 Å². The van der Waals surface area contributed by atoms with Crippen LogP contribution in [0.4, 0.5) is 13.2 Å². The second-order valence-corrected chi connectivity index (χ2v) is 6.14. The fourth-order valence-corrected chi connectivity index (χ4v) is 2.57. The molecule has 3 aromatic heterocycles. The smallest absolute Gasteiger partial charge is 0.352 e. The largest absolute Gasteiger partial charge is 0.434 e. The Bertz CT molecular complexity index is 988. The second-order valence-electron chi connectivity index (χ2n) is 6.14. The average molecular weight is 395 g/mol. The molecule has 3 heterocycles. The molecule has 0 aliphatic heterocycles. The second kappa shape index (κ2) is 7.66. The van der Waals surface area contributed by atoms with Crippen LogP contribution < -0.4 is 10.9 Å². The first-order valence-corrected chi connectivity index (χ1v) is 8.22. The summed E-state index contributed by atoms with van der Waals surface area (Å²) in [6.45, 7) is 2.48. The van der Waals surface area contributed by atoms with Gasteiger partial charge < -0.3 is 5.32 Å². The van der Waals surface area contributed by atoms with E-state index in [1.807, 2.05) is 12.0 Å². The topological polar surface area (TPSA) is 110 Å². The molecule has 3 rings (SSSR count). The molecule has 12 heteroatoms. The maximum atomic E-state index is 13.6. The number of amides is 1. The van der Waals surface area contributed by atoms with Crippen LogP contribution in [0.1, 0.15) is 23.0 Å². The number of H-pyrrole nitrogens is 1. The first-order chi connectivity index (χ1) is 13.3. The first-order valence-electron chi connectivity index (χ1n) is 8.22. The fraction of sp³-hybridized carbons (Fsp3) is 0.312. The highest BCUT2D eigenvalue weighted by Gasteiger charge is 2.41. The molecule has 3 aromatic rings. The van der Waals surface area contributed by atoms with Gasteiger partial charge in [0, 0.05) is 31.5 Å². The number of aromatic nitrogens is 6. The lowest BCUT2D eigenvalue weighted by atomic mass is 10.1. The van der Waals surface area contributed by atoms with Gasteiger partial charge in [0.15, 0.2) is 11.5 Å². The number of carbonyl (C=O) groups excluding carboxylic acids is 1. The van der Waals surface area contributed by atoms with E-state index < -0.39 is 28.9 Å². The van der Waals surface area contributed by atoms with Gasteiger partial charge in [-0.3, -0.25) is 14.3 Å². The number of alkyl halides is 3. The SMILES string of the molecule is C[C@H](CNC(=O)c1cnn(-c2ccc(=O)[nH]n2)c1C(F)(F)F)Cn1cccn1. The number of nitrogens with one attached hydrogen (secondary N) is 2. The predicted octanol–water partition coefficient (Wildman–Crippen LogP) is 1.24. The summed E-state index contributed by atoms with van der Waals surface area (Å²) in [5.41, 5.74) is -2.48. The predicted molar refractivity (Wildman–Crippen MR) is 90.7 cm³/mol. The van der Waals surface area contributed by atoms with Crippen molar-refractivity contribution in [2.75, 3.05) is 6.54 Å². The van der Waals surface area contributed by atoms with Crippen molar-refractivity contribution in [1.29, 1.82) is 0 Å². The molecule has 0 fully saturated rings. The van der Waals surface area contributed by atoms with E-state index in [4.69, 9.17) is 0 Å². The van der Waals surface area contributed by atoms with Crippen LogP contribution in [0.25, 0.3) is 5.82 Å². The van der Waals surface area contributed by atoms with Crippen molar-refractivity contribution in [2.24, 2.45) is 5.92 Å². The number of rotatable bonds is 6. The Kier molecular flexibility index (Phi) is 5.29. The number of carbonyl (C=O) groups is 1. The van der Waals surface area contributed by atoms with Gasteiger partial charge in [-0.2, -0.15) is 28.5 Å². The minimum atomic E-state index is -4.86. The van der Waals surface area contributed by atoms with Crippen LogP contribution in [0.5, 0.6) is 0 Å². The Morgan fingerprint density at radius 2 is 2.11 bits per heavy atom. The third kappa shape index (κ3) is 4.27. The lowest BCUT2D eigenvalue weighted by molar-refractivity contribution is -0.143. The zero-order valence-electron chi connectivity index (χ0n) is 14.6. The van der Waals surface area contributed by atoms with Crippen LogP contribution in [-0.2, 0) is 12.7 Å². The molecule has 2 N–H and O–H groups in total. The standard InChI is InChI=1S/C16H16F3N7O2/c1-10(9-25-6-2-5-21-25)7-20-15(28)11-8-22-26(14(11)16(17,18)19)12-3-4-13(27)24-23-12/h2-6,8,10H,7,9H2,1H3,(H,20,28)(H,24,27)/t10-/m1/s1. The number of nitrogens with zero attached hydrogens (tertiary/aromatic N) is 5. The van der Waals surface area contributed by atoms with E-state index in [2.05, 4.69) is 20.6 Å². The molecule has 0 bridgehead atoms. The zero-order chi connectivity index (χ0) is 20.3. The first kappa shape index (κ1) is 19.3. The molecule has 0 saturated carbocycles. The fourth-order valence-electron chi connectivity index (χ4n) is 2.57. The Hall–Kier alpha value is -3.44. The summed E-state index contributed by atoms with van der Waals surface area (Å²) in [7, 11) is 0. The minimum absolute atomic E-state index is 0.0610. The molecule has 9 nitrogen and oxygen atoms in total. The highest BCUT2D eigenvalue weighted by Crippen LogP contribution is 2.33. The average Bonchev–Trinajstić information content (AvgIpc) is 3.29.